The highest BCUT2D eigenvalue weighted by Gasteiger charge is 2.16. The number of nitrogens with zero attached hydrogens (tertiary/aromatic N) is 1. The summed E-state index contributed by atoms with van der Waals surface area (Å²) in [5.41, 5.74) is 0.121. The Bertz CT molecular complexity index is 173. The van der Waals surface area contributed by atoms with E-state index in [2.05, 4.69) is 16.6 Å². The molecule has 0 fully saturated rings. The van der Waals surface area contributed by atoms with Crippen LogP contribution in [0.1, 0.15) is 45.4 Å². The molecule has 1 atom stereocenters. The highest BCUT2D eigenvalue weighted by Crippen LogP contribution is 2.27. The van der Waals surface area contributed by atoms with E-state index in [1.165, 1.54) is 38.5 Å². The van der Waals surface area contributed by atoms with Crippen molar-refractivity contribution in [3.05, 3.63) is 11.5 Å². The van der Waals surface area contributed by atoms with Crippen LogP contribution in [0.4, 0.5) is 0 Å². The fourth-order valence-electron chi connectivity index (χ4n) is 1.56. The fourth-order valence-corrected chi connectivity index (χ4v) is 2.75. The Morgan fingerprint density at radius 3 is 2.57 bits per heavy atom. The molecule has 0 N–H and O–H groups in total. The number of hydrogen-bond donors (Lipinski definition) is 0. The van der Waals surface area contributed by atoms with Gasteiger partial charge >= 0.3 is 0 Å². The molecule has 3 heteroatoms. The molecule has 1 rings (SSSR count). The van der Waals surface area contributed by atoms with Gasteiger partial charge in [-0.25, -0.2) is 4.31 Å². The van der Waals surface area contributed by atoms with Crippen molar-refractivity contribution in [3.63, 3.8) is 0 Å². The van der Waals surface area contributed by atoms with Crippen LogP contribution in [0.3, 0.4) is 0 Å². The van der Waals surface area contributed by atoms with Crippen LogP contribution in [-0.2, 0) is 0 Å². The van der Waals surface area contributed by atoms with E-state index in [1.54, 1.807) is 11.9 Å². The Balaban J connectivity index is 1.89. The Hall–Kier alpha value is 0.340. The first-order chi connectivity index (χ1) is 6.84. The van der Waals surface area contributed by atoms with Crippen molar-refractivity contribution in [2.75, 3.05) is 6.54 Å². The van der Waals surface area contributed by atoms with E-state index in [-0.39, 0.29) is 5.50 Å². The van der Waals surface area contributed by atoms with Crippen molar-refractivity contribution < 1.29 is 0 Å². The molecule has 1 heterocycles. The molecule has 1 aliphatic rings. The van der Waals surface area contributed by atoms with Gasteiger partial charge in [0.25, 0.3) is 0 Å². The average molecular weight is 234 g/mol. The molecule has 0 saturated carbocycles. The third-order valence-electron chi connectivity index (χ3n) is 2.44. The summed E-state index contributed by atoms with van der Waals surface area (Å²) in [4.78, 5) is 0. The Labute approximate surface area is 97.0 Å². The summed E-state index contributed by atoms with van der Waals surface area (Å²) < 4.78 is 2.24. The number of rotatable bonds is 7. The minimum atomic E-state index is 0.121. The topological polar surface area (TPSA) is 3.24 Å². The average Bonchev–Trinajstić information content (AvgIpc) is 2.58. The molecule has 82 valence electrons. The third kappa shape index (κ3) is 4.72. The molecule has 0 saturated heterocycles. The van der Waals surface area contributed by atoms with Crippen molar-refractivity contribution in [2.45, 2.75) is 50.9 Å². The Kier molecular flexibility index (Phi) is 6.74. The fraction of sp³-hybridized carbons (Fsp3) is 0.818. The first-order valence-corrected chi connectivity index (χ1v) is 6.86. The van der Waals surface area contributed by atoms with Crippen LogP contribution in [0.5, 0.6) is 0 Å². The standard InChI is InChI=1S/C11H20ClNS/c1-2-3-4-5-6-7-9-13-11(12)8-10-14-13/h8,10-11H,2-7,9H2,1H3. The third-order valence-corrected chi connectivity index (χ3v) is 3.90. The van der Waals surface area contributed by atoms with E-state index < -0.39 is 0 Å². The van der Waals surface area contributed by atoms with Crippen LogP contribution in [-0.4, -0.2) is 16.4 Å². The highest BCUT2D eigenvalue weighted by molar-refractivity contribution is 8.00. The highest BCUT2D eigenvalue weighted by atomic mass is 35.5. The van der Waals surface area contributed by atoms with E-state index in [9.17, 15) is 0 Å². The van der Waals surface area contributed by atoms with Crippen molar-refractivity contribution in [1.82, 2.24) is 4.31 Å². The molecule has 1 aliphatic heterocycles. The molecule has 0 aromatic rings. The van der Waals surface area contributed by atoms with Crippen LogP contribution in [0, 0.1) is 0 Å². The van der Waals surface area contributed by atoms with Crippen LogP contribution >= 0.6 is 23.5 Å². The maximum absolute atomic E-state index is 6.06. The second-order valence-corrected chi connectivity index (χ2v) is 5.11. The monoisotopic (exact) mass is 233 g/mol. The van der Waals surface area contributed by atoms with E-state index in [1.807, 2.05) is 6.08 Å². The SMILES string of the molecule is CCCCCCCCN1SC=CC1Cl. The van der Waals surface area contributed by atoms with Gasteiger partial charge in [-0.2, -0.15) is 0 Å². The molecule has 14 heavy (non-hydrogen) atoms. The Morgan fingerprint density at radius 2 is 1.93 bits per heavy atom. The van der Waals surface area contributed by atoms with Crippen LogP contribution in [0.2, 0.25) is 0 Å². The minimum absolute atomic E-state index is 0.121. The van der Waals surface area contributed by atoms with E-state index in [4.69, 9.17) is 11.6 Å². The van der Waals surface area contributed by atoms with Gasteiger partial charge < -0.3 is 0 Å². The van der Waals surface area contributed by atoms with Crippen molar-refractivity contribution in [2.24, 2.45) is 0 Å². The molecule has 0 radical (unpaired) electrons. The van der Waals surface area contributed by atoms with Gasteiger partial charge in [0.05, 0.1) is 0 Å². The minimum Gasteiger partial charge on any atom is -0.226 e. The quantitative estimate of drug-likeness (QED) is 0.278. The van der Waals surface area contributed by atoms with Gasteiger partial charge in [0, 0.05) is 6.54 Å². The Morgan fingerprint density at radius 1 is 1.21 bits per heavy atom. The molecule has 0 aromatic carbocycles. The molecule has 1 nitrogen and oxygen atoms in total. The van der Waals surface area contributed by atoms with Gasteiger partial charge in [-0.3, -0.25) is 0 Å². The van der Waals surface area contributed by atoms with Gasteiger partial charge in [-0.05, 0) is 29.9 Å². The predicted molar refractivity (Wildman–Crippen MR) is 66.5 cm³/mol. The molecule has 0 spiro atoms. The van der Waals surface area contributed by atoms with E-state index >= 15 is 0 Å². The number of alkyl halides is 1. The summed E-state index contributed by atoms with van der Waals surface area (Å²) in [5, 5.41) is 2.08. The molecular weight excluding hydrogens is 214 g/mol. The van der Waals surface area contributed by atoms with Gasteiger partial charge in [0.15, 0.2) is 0 Å². The molecule has 1 unspecified atom stereocenters. The molecule has 0 aromatic heterocycles. The molecule has 0 aliphatic carbocycles. The summed E-state index contributed by atoms with van der Waals surface area (Å²) >= 11 is 7.80. The smallest absolute Gasteiger partial charge is 0.114 e. The predicted octanol–water partition coefficient (Wildman–Crippen LogP) is 4.39. The number of hydrogen-bond acceptors (Lipinski definition) is 2. The lowest BCUT2D eigenvalue weighted by atomic mass is 10.1. The summed E-state index contributed by atoms with van der Waals surface area (Å²) in [7, 11) is 0. The van der Waals surface area contributed by atoms with Gasteiger partial charge in [0.1, 0.15) is 5.50 Å². The first-order valence-electron chi connectivity index (χ1n) is 5.58. The molecule has 0 amide bonds. The maximum Gasteiger partial charge on any atom is 0.114 e. The second kappa shape index (κ2) is 7.61. The zero-order valence-electron chi connectivity index (χ0n) is 8.92. The van der Waals surface area contributed by atoms with Crippen molar-refractivity contribution >= 4 is 23.5 Å². The normalized spacial score (nSPS) is 22.0. The van der Waals surface area contributed by atoms with Crippen LogP contribution in [0.15, 0.2) is 11.5 Å². The summed E-state index contributed by atoms with van der Waals surface area (Å²) in [5.74, 6) is 0. The van der Waals surface area contributed by atoms with Gasteiger partial charge in [-0.15, -0.1) is 11.6 Å². The summed E-state index contributed by atoms with van der Waals surface area (Å²) in [6.07, 6.45) is 10.2. The maximum atomic E-state index is 6.06. The largest absolute Gasteiger partial charge is 0.226 e. The lowest BCUT2D eigenvalue weighted by Gasteiger charge is -2.17. The molecular formula is C11H20ClNS. The summed E-state index contributed by atoms with van der Waals surface area (Å²) in [6.45, 7) is 3.38. The molecule has 0 bridgehead atoms. The lowest BCUT2D eigenvalue weighted by Crippen LogP contribution is -2.20. The van der Waals surface area contributed by atoms with Gasteiger partial charge in [-0.1, -0.05) is 39.0 Å². The van der Waals surface area contributed by atoms with E-state index in [0.29, 0.717) is 0 Å². The van der Waals surface area contributed by atoms with Crippen LogP contribution < -0.4 is 0 Å². The van der Waals surface area contributed by atoms with Crippen molar-refractivity contribution in [3.8, 4) is 0 Å². The zero-order chi connectivity index (χ0) is 10.2. The summed E-state index contributed by atoms with van der Waals surface area (Å²) in [6, 6.07) is 0. The van der Waals surface area contributed by atoms with Gasteiger partial charge in [0.2, 0.25) is 0 Å². The zero-order valence-corrected chi connectivity index (χ0v) is 10.5. The first kappa shape index (κ1) is 12.4. The number of halogens is 1. The lowest BCUT2D eigenvalue weighted by molar-refractivity contribution is 0.461. The van der Waals surface area contributed by atoms with Crippen molar-refractivity contribution in [1.29, 1.82) is 0 Å². The van der Waals surface area contributed by atoms with Crippen LogP contribution in [0.25, 0.3) is 0 Å². The number of unbranched alkanes of at least 4 members (excludes halogenated alkanes) is 5. The van der Waals surface area contributed by atoms with E-state index in [0.717, 1.165) is 6.54 Å². The second-order valence-electron chi connectivity index (χ2n) is 3.72.